The van der Waals surface area contributed by atoms with Crippen LogP contribution in [0.3, 0.4) is 0 Å². The molecule has 0 bridgehead atoms. The van der Waals surface area contributed by atoms with Crippen molar-refractivity contribution in [3.8, 4) is 0 Å². The van der Waals surface area contributed by atoms with Crippen LogP contribution in [-0.4, -0.2) is 56.9 Å². The first-order valence-electron chi connectivity index (χ1n) is 8.99. The number of ketones is 1. The molecule has 1 amide bonds. The summed E-state index contributed by atoms with van der Waals surface area (Å²) in [4.78, 5) is 29.8. The third-order valence-electron chi connectivity index (χ3n) is 4.87. The Hall–Kier alpha value is -2.89. The van der Waals surface area contributed by atoms with Crippen molar-refractivity contribution in [1.82, 2.24) is 4.90 Å². The Morgan fingerprint density at radius 3 is 2.26 bits per heavy atom. The Balaban J connectivity index is 1.67. The van der Waals surface area contributed by atoms with Crippen LogP contribution in [0.15, 0.2) is 42.5 Å². The minimum absolute atomic E-state index is 0.00857. The summed E-state index contributed by atoms with van der Waals surface area (Å²) < 4.78 is 14.4. The van der Waals surface area contributed by atoms with Gasteiger partial charge in [0.25, 0.3) is 5.91 Å². The van der Waals surface area contributed by atoms with Gasteiger partial charge < -0.3 is 14.7 Å². The van der Waals surface area contributed by atoms with Crippen molar-refractivity contribution < 1.29 is 14.0 Å². The number of carbonyl (C=O) groups excluding carboxylic acids is 2. The second kappa shape index (κ2) is 7.78. The third-order valence-corrected chi connectivity index (χ3v) is 4.87. The standard InChI is InChI=1S/C21H24FN3O2/c1-15(26)16-7-8-20(19(22)14-16)24-9-11-25(12-10-24)21(27)17-5-4-6-18(13-17)23(2)3/h4-8,13-14H,9-12H2,1-3H3. The first kappa shape index (κ1) is 18.9. The fourth-order valence-electron chi connectivity index (χ4n) is 3.23. The first-order valence-corrected chi connectivity index (χ1v) is 8.99. The number of carbonyl (C=O) groups is 2. The van der Waals surface area contributed by atoms with Crippen molar-refractivity contribution in [2.24, 2.45) is 0 Å². The molecule has 1 fully saturated rings. The molecule has 0 atom stereocenters. The summed E-state index contributed by atoms with van der Waals surface area (Å²) in [6.07, 6.45) is 0. The lowest BCUT2D eigenvalue weighted by Gasteiger charge is -2.36. The van der Waals surface area contributed by atoms with Gasteiger partial charge in [0.05, 0.1) is 5.69 Å². The molecule has 0 saturated carbocycles. The molecule has 1 heterocycles. The van der Waals surface area contributed by atoms with E-state index in [0.29, 0.717) is 43.0 Å². The average Bonchev–Trinajstić information content (AvgIpc) is 2.67. The summed E-state index contributed by atoms with van der Waals surface area (Å²) in [6, 6.07) is 12.1. The number of nitrogens with zero attached hydrogens (tertiary/aromatic N) is 3. The Labute approximate surface area is 159 Å². The van der Waals surface area contributed by atoms with Gasteiger partial charge in [-0.05, 0) is 43.3 Å². The molecule has 1 aliphatic heterocycles. The van der Waals surface area contributed by atoms with Crippen LogP contribution >= 0.6 is 0 Å². The number of benzene rings is 2. The van der Waals surface area contributed by atoms with E-state index in [1.165, 1.54) is 13.0 Å². The highest BCUT2D eigenvalue weighted by molar-refractivity contribution is 5.95. The third kappa shape index (κ3) is 4.10. The Morgan fingerprint density at radius 2 is 1.67 bits per heavy atom. The van der Waals surface area contributed by atoms with Gasteiger partial charge in [0, 0.05) is 57.1 Å². The summed E-state index contributed by atoms with van der Waals surface area (Å²) in [5.41, 5.74) is 2.48. The maximum Gasteiger partial charge on any atom is 0.254 e. The molecular weight excluding hydrogens is 345 g/mol. The van der Waals surface area contributed by atoms with Crippen molar-refractivity contribution in [1.29, 1.82) is 0 Å². The molecule has 27 heavy (non-hydrogen) atoms. The van der Waals surface area contributed by atoms with Gasteiger partial charge in [-0.15, -0.1) is 0 Å². The van der Waals surface area contributed by atoms with Crippen molar-refractivity contribution in [2.45, 2.75) is 6.92 Å². The van der Waals surface area contributed by atoms with Gasteiger partial charge in [-0.1, -0.05) is 6.07 Å². The largest absolute Gasteiger partial charge is 0.378 e. The monoisotopic (exact) mass is 369 g/mol. The summed E-state index contributed by atoms with van der Waals surface area (Å²) in [5, 5.41) is 0. The van der Waals surface area contributed by atoms with E-state index >= 15 is 0 Å². The van der Waals surface area contributed by atoms with Crippen LogP contribution in [0.4, 0.5) is 15.8 Å². The minimum atomic E-state index is -0.402. The summed E-state index contributed by atoms with van der Waals surface area (Å²) in [6.45, 7) is 3.58. The SMILES string of the molecule is CC(=O)c1ccc(N2CCN(C(=O)c3cccc(N(C)C)c3)CC2)c(F)c1. The van der Waals surface area contributed by atoms with E-state index in [2.05, 4.69) is 0 Å². The van der Waals surface area contributed by atoms with Crippen molar-refractivity contribution >= 4 is 23.1 Å². The highest BCUT2D eigenvalue weighted by Crippen LogP contribution is 2.23. The van der Waals surface area contributed by atoms with Crippen LogP contribution < -0.4 is 9.80 Å². The van der Waals surface area contributed by atoms with Gasteiger partial charge in [0.2, 0.25) is 0 Å². The molecule has 1 aliphatic rings. The van der Waals surface area contributed by atoms with E-state index in [9.17, 15) is 14.0 Å². The summed E-state index contributed by atoms with van der Waals surface area (Å²) in [5.74, 6) is -0.567. The summed E-state index contributed by atoms with van der Waals surface area (Å²) >= 11 is 0. The number of amides is 1. The van der Waals surface area contributed by atoms with E-state index in [1.807, 2.05) is 48.2 Å². The molecule has 142 valence electrons. The molecule has 0 spiro atoms. The molecule has 0 unspecified atom stereocenters. The van der Waals surface area contributed by atoms with Crippen LogP contribution in [-0.2, 0) is 0 Å². The topological polar surface area (TPSA) is 43.9 Å². The Morgan fingerprint density at radius 1 is 0.963 bits per heavy atom. The lowest BCUT2D eigenvalue weighted by molar-refractivity contribution is 0.0746. The van der Waals surface area contributed by atoms with Gasteiger partial charge in [-0.25, -0.2) is 4.39 Å². The highest BCUT2D eigenvalue weighted by atomic mass is 19.1. The maximum absolute atomic E-state index is 14.4. The lowest BCUT2D eigenvalue weighted by Crippen LogP contribution is -2.49. The second-order valence-corrected chi connectivity index (χ2v) is 6.95. The van der Waals surface area contributed by atoms with Crippen LogP contribution in [0.2, 0.25) is 0 Å². The second-order valence-electron chi connectivity index (χ2n) is 6.95. The van der Waals surface area contributed by atoms with Crippen LogP contribution in [0.5, 0.6) is 0 Å². The number of rotatable bonds is 4. The molecule has 0 N–H and O–H groups in total. The number of Topliss-reactive ketones (excluding diaryl/α,β-unsaturated/α-hetero) is 1. The van der Waals surface area contributed by atoms with Crippen molar-refractivity contribution in [3.63, 3.8) is 0 Å². The molecule has 3 rings (SSSR count). The lowest BCUT2D eigenvalue weighted by atomic mass is 10.1. The van der Waals surface area contributed by atoms with Crippen molar-refractivity contribution in [2.75, 3.05) is 50.1 Å². The molecule has 0 radical (unpaired) electrons. The fraction of sp³-hybridized carbons (Fsp3) is 0.333. The van der Waals surface area contributed by atoms with Crippen LogP contribution in [0.25, 0.3) is 0 Å². The minimum Gasteiger partial charge on any atom is -0.378 e. The predicted octanol–water partition coefficient (Wildman–Crippen LogP) is 3.06. The smallest absolute Gasteiger partial charge is 0.254 e. The van der Waals surface area contributed by atoms with Crippen LogP contribution in [0.1, 0.15) is 27.6 Å². The fourth-order valence-corrected chi connectivity index (χ4v) is 3.23. The van der Waals surface area contributed by atoms with Gasteiger partial charge in [-0.2, -0.15) is 0 Å². The molecule has 0 aromatic heterocycles. The number of piperazine rings is 1. The molecule has 1 saturated heterocycles. The molecule has 2 aromatic rings. The number of halogens is 1. The van der Waals surface area contributed by atoms with Crippen LogP contribution in [0, 0.1) is 5.82 Å². The Kier molecular flexibility index (Phi) is 5.44. The average molecular weight is 369 g/mol. The predicted molar refractivity (Wildman–Crippen MR) is 105 cm³/mol. The molecular formula is C21H24FN3O2. The molecule has 2 aromatic carbocycles. The molecule has 0 aliphatic carbocycles. The zero-order valence-corrected chi connectivity index (χ0v) is 15.9. The highest BCUT2D eigenvalue weighted by Gasteiger charge is 2.24. The zero-order chi connectivity index (χ0) is 19.6. The first-order chi connectivity index (χ1) is 12.9. The number of hydrogen-bond acceptors (Lipinski definition) is 4. The van der Waals surface area contributed by atoms with Gasteiger partial charge in [0.15, 0.2) is 5.78 Å². The van der Waals surface area contributed by atoms with Gasteiger partial charge in [-0.3, -0.25) is 9.59 Å². The molecule has 6 heteroatoms. The van der Waals surface area contributed by atoms with Gasteiger partial charge >= 0.3 is 0 Å². The van der Waals surface area contributed by atoms with Crippen molar-refractivity contribution in [3.05, 3.63) is 59.4 Å². The van der Waals surface area contributed by atoms with E-state index in [4.69, 9.17) is 0 Å². The number of hydrogen-bond donors (Lipinski definition) is 0. The normalized spacial score (nSPS) is 14.2. The Bertz CT molecular complexity index is 858. The summed E-state index contributed by atoms with van der Waals surface area (Å²) in [7, 11) is 3.88. The van der Waals surface area contributed by atoms with Gasteiger partial charge in [0.1, 0.15) is 5.82 Å². The van der Waals surface area contributed by atoms with E-state index in [1.54, 1.807) is 17.0 Å². The number of anilines is 2. The van der Waals surface area contributed by atoms with E-state index in [-0.39, 0.29) is 11.7 Å². The van der Waals surface area contributed by atoms with E-state index < -0.39 is 5.82 Å². The van der Waals surface area contributed by atoms with E-state index in [0.717, 1.165) is 5.69 Å². The zero-order valence-electron chi connectivity index (χ0n) is 15.9. The maximum atomic E-state index is 14.4. The quantitative estimate of drug-likeness (QED) is 0.777. The molecule has 5 nitrogen and oxygen atoms in total.